The molecule has 2 nitrogen and oxygen atoms in total. The van der Waals surface area contributed by atoms with Crippen LogP contribution in [0.25, 0.3) is 0 Å². The maximum absolute atomic E-state index is 10.8. The van der Waals surface area contributed by atoms with Crippen LogP contribution in [0.4, 0.5) is 0 Å². The first kappa shape index (κ1) is 6.49. The van der Waals surface area contributed by atoms with Gasteiger partial charge in [-0.15, -0.1) is 0 Å². The molecule has 2 heteroatoms. The van der Waals surface area contributed by atoms with Gasteiger partial charge in [0.15, 0.2) is 5.78 Å². The highest BCUT2D eigenvalue weighted by atomic mass is 16.3. The van der Waals surface area contributed by atoms with Crippen LogP contribution in [0.3, 0.4) is 0 Å². The molecule has 0 aliphatic heterocycles. The molecule has 0 aromatic carbocycles. The molecule has 0 saturated carbocycles. The molecular formula is C7H10O2. The van der Waals surface area contributed by atoms with E-state index >= 15 is 0 Å². The standard InChI is InChI=1S/C7H10O2/c1-4-3-6(8)7(9)5(4)2/h6,8H,3H2,1-2H3/t6-/m0/s1. The fourth-order valence-electron chi connectivity index (χ4n) is 0.996. The number of rotatable bonds is 0. The molecule has 0 saturated heterocycles. The Hall–Kier alpha value is -0.630. The van der Waals surface area contributed by atoms with E-state index in [4.69, 9.17) is 5.11 Å². The second kappa shape index (κ2) is 1.95. The predicted octanol–water partition coefficient (Wildman–Crippen LogP) is 0.657. The van der Waals surface area contributed by atoms with Gasteiger partial charge in [0.25, 0.3) is 0 Å². The van der Waals surface area contributed by atoms with Crippen LogP contribution in [0.2, 0.25) is 0 Å². The second-order valence-corrected chi connectivity index (χ2v) is 2.49. The lowest BCUT2D eigenvalue weighted by Gasteiger charge is -1.94. The average molecular weight is 126 g/mol. The highest BCUT2D eigenvalue weighted by Crippen LogP contribution is 2.21. The van der Waals surface area contributed by atoms with Gasteiger partial charge in [-0.3, -0.25) is 4.79 Å². The van der Waals surface area contributed by atoms with Gasteiger partial charge >= 0.3 is 0 Å². The fourth-order valence-corrected chi connectivity index (χ4v) is 0.996. The molecule has 50 valence electrons. The molecule has 0 aromatic rings. The molecule has 0 amide bonds. The summed E-state index contributed by atoms with van der Waals surface area (Å²) in [5.41, 5.74) is 1.76. The van der Waals surface area contributed by atoms with Gasteiger partial charge in [0.05, 0.1) is 0 Å². The summed E-state index contributed by atoms with van der Waals surface area (Å²) >= 11 is 0. The Morgan fingerprint density at radius 1 is 1.56 bits per heavy atom. The molecule has 0 unspecified atom stereocenters. The van der Waals surface area contributed by atoms with Crippen LogP contribution in [0.15, 0.2) is 11.1 Å². The Labute approximate surface area is 54.2 Å². The van der Waals surface area contributed by atoms with Crippen LogP contribution >= 0.6 is 0 Å². The topological polar surface area (TPSA) is 37.3 Å². The van der Waals surface area contributed by atoms with Gasteiger partial charge in [-0.2, -0.15) is 0 Å². The predicted molar refractivity (Wildman–Crippen MR) is 34.0 cm³/mol. The number of hydrogen-bond acceptors (Lipinski definition) is 2. The van der Waals surface area contributed by atoms with Crippen molar-refractivity contribution in [1.29, 1.82) is 0 Å². The lowest BCUT2D eigenvalue weighted by atomic mass is 10.2. The number of carbonyl (C=O) groups is 1. The van der Waals surface area contributed by atoms with Crippen molar-refractivity contribution in [1.82, 2.24) is 0 Å². The van der Waals surface area contributed by atoms with Crippen molar-refractivity contribution >= 4 is 5.78 Å². The summed E-state index contributed by atoms with van der Waals surface area (Å²) in [6.45, 7) is 3.64. The smallest absolute Gasteiger partial charge is 0.187 e. The minimum absolute atomic E-state index is 0.104. The zero-order chi connectivity index (χ0) is 7.02. The van der Waals surface area contributed by atoms with Crippen molar-refractivity contribution in [3.05, 3.63) is 11.1 Å². The van der Waals surface area contributed by atoms with Gasteiger partial charge < -0.3 is 5.11 Å². The van der Waals surface area contributed by atoms with Crippen LogP contribution in [0.5, 0.6) is 0 Å². The Morgan fingerprint density at radius 2 is 2.11 bits per heavy atom. The number of aliphatic hydroxyl groups is 1. The molecule has 0 spiro atoms. The Bertz CT molecular complexity index is 179. The van der Waals surface area contributed by atoms with Crippen LogP contribution < -0.4 is 0 Å². The lowest BCUT2D eigenvalue weighted by molar-refractivity contribution is -0.122. The van der Waals surface area contributed by atoms with E-state index in [9.17, 15) is 4.79 Å². The largest absolute Gasteiger partial charge is 0.385 e. The van der Waals surface area contributed by atoms with Gasteiger partial charge in [0, 0.05) is 6.42 Å². The third kappa shape index (κ3) is 0.900. The van der Waals surface area contributed by atoms with Crippen LogP contribution in [0.1, 0.15) is 20.3 Å². The van der Waals surface area contributed by atoms with Crippen molar-refractivity contribution in [2.45, 2.75) is 26.4 Å². The summed E-state index contributed by atoms with van der Waals surface area (Å²) in [5, 5.41) is 8.95. The van der Waals surface area contributed by atoms with Crippen molar-refractivity contribution < 1.29 is 9.90 Å². The van der Waals surface area contributed by atoms with Gasteiger partial charge in [0.1, 0.15) is 6.10 Å². The molecule has 1 aliphatic rings. The maximum atomic E-state index is 10.8. The normalized spacial score (nSPS) is 27.9. The first-order valence-corrected chi connectivity index (χ1v) is 3.01. The quantitative estimate of drug-likeness (QED) is 0.517. The molecule has 1 N–H and O–H groups in total. The fraction of sp³-hybridized carbons (Fsp3) is 0.571. The van der Waals surface area contributed by atoms with E-state index in [1.165, 1.54) is 0 Å². The lowest BCUT2D eigenvalue weighted by Crippen LogP contribution is -2.13. The van der Waals surface area contributed by atoms with Crippen molar-refractivity contribution in [3.8, 4) is 0 Å². The van der Waals surface area contributed by atoms with E-state index in [0.717, 1.165) is 11.1 Å². The van der Waals surface area contributed by atoms with E-state index in [1.54, 1.807) is 6.92 Å². The zero-order valence-corrected chi connectivity index (χ0v) is 5.64. The van der Waals surface area contributed by atoms with Crippen LogP contribution in [-0.2, 0) is 4.79 Å². The molecule has 1 atom stereocenters. The number of aliphatic hydroxyl groups excluding tert-OH is 1. The first-order valence-electron chi connectivity index (χ1n) is 3.01. The summed E-state index contributed by atoms with van der Waals surface area (Å²) in [6.07, 6.45) is -0.213. The zero-order valence-electron chi connectivity index (χ0n) is 5.64. The summed E-state index contributed by atoms with van der Waals surface area (Å²) in [6, 6.07) is 0. The van der Waals surface area contributed by atoms with Gasteiger partial charge in [-0.05, 0) is 19.4 Å². The Morgan fingerprint density at radius 3 is 2.22 bits per heavy atom. The monoisotopic (exact) mass is 126 g/mol. The van der Waals surface area contributed by atoms with Crippen molar-refractivity contribution in [3.63, 3.8) is 0 Å². The molecule has 1 aliphatic carbocycles. The summed E-state index contributed by atoms with van der Waals surface area (Å²) in [5.74, 6) is -0.104. The van der Waals surface area contributed by atoms with E-state index < -0.39 is 6.10 Å². The van der Waals surface area contributed by atoms with Gasteiger partial charge in [-0.1, -0.05) is 5.57 Å². The molecular weight excluding hydrogens is 116 g/mol. The first-order chi connectivity index (χ1) is 4.13. The summed E-state index contributed by atoms with van der Waals surface area (Å²) < 4.78 is 0. The summed E-state index contributed by atoms with van der Waals surface area (Å²) in [4.78, 5) is 10.8. The van der Waals surface area contributed by atoms with Crippen LogP contribution in [-0.4, -0.2) is 17.0 Å². The van der Waals surface area contributed by atoms with E-state index in [0.29, 0.717) is 6.42 Å². The minimum Gasteiger partial charge on any atom is -0.385 e. The SMILES string of the molecule is CC1=C(C)C(=O)[C@@H](O)C1. The average Bonchev–Trinajstić information content (AvgIpc) is 1.98. The highest BCUT2D eigenvalue weighted by Gasteiger charge is 2.25. The van der Waals surface area contributed by atoms with Crippen molar-refractivity contribution in [2.75, 3.05) is 0 Å². The van der Waals surface area contributed by atoms with E-state index in [-0.39, 0.29) is 5.78 Å². The maximum Gasteiger partial charge on any atom is 0.187 e. The number of hydrogen-bond donors (Lipinski definition) is 1. The molecule has 1 rings (SSSR count). The molecule has 0 heterocycles. The molecule has 0 bridgehead atoms. The Balaban J connectivity index is 2.87. The molecule has 0 fully saturated rings. The third-order valence-electron chi connectivity index (χ3n) is 1.81. The highest BCUT2D eigenvalue weighted by molar-refractivity contribution is 6.01. The van der Waals surface area contributed by atoms with Gasteiger partial charge in [-0.25, -0.2) is 0 Å². The van der Waals surface area contributed by atoms with Crippen molar-refractivity contribution in [2.24, 2.45) is 0 Å². The molecule has 9 heavy (non-hydrogen) atoms. The number of carbonyl (C=O) groups excluding carboxylic acids is 1. The van der Waals surface area contributed by atoms with Crippen LogP contribution in [0, 0.1) is 0 Å². The number of Topliss-reactive ketones (excluding diaryl/α,β-unsaturated/α-hetero) is 1. The third-order valence-corrected chi connectivity index (χ3v) is 1.81. The Kier molecular flexibility index (Phi) is 1.41. The summed E-state index contributed by atoms with van der Waals surface area (Å²) in [7, 11) is 0. The second-order valence-electron chi connectivity index (χ2n) is 2.49. The number of ketones is 1. The van der Waals surface area contributed by atoms with E-state index in [2.05, 4.69) is 0 Å². The van der Waals surface area contributed by atoms with E-state index in [1.807, 2.05) is 6.92 Å². The minimum atomic E-state index is -0.745. The van der Waals surface area contributed by atoms with Gasteiger partial charge in [0.2, 0.25) is 0 Å². The molecule has 0 aromatic heterocycles. The molecule has 0 radical (unpaired) electrons.